The molecule has 0 saturated carbocycles. The second-order valence-electron chi connectivity index (χ2n) is 4.22. The third kappa shape index (κ3) is 4.11. The molecule has 0 atom stereocenters. The Hall–Kier alpha value is -1.22. The van der Waals surface area contributed by atoms with Crippen LogP contribution in [0.3, 0.4) is 0 Å². The highest BCUT2D eigenvalue weighted by atomic mass is 16.5. The van der Waals surface area contributed by atoms with E-state index in [4.69, 9.17) is 10.5 Å². The van der Waals surface area contributed by atoms with Crippen molar-refractivity contribution in [3.8, 4) is 5.75 Å². The van der Waals surface area contributed by atoms with Crippen LogP contribution in [0.4, 0.5) is 5.69 Å². The summed E-state index contributed by atoms with van der Waals surface area (Å²) in [7, 11) is 2.08. The summed E-state index contributed by atoms with van der Waals surface area (Å²) in [5, 5.41) is 0. The summed E-state index contributed by atoms with van der Waals surface area (Å²) in [5.74, 6) is 0.922. The van der Waals surface area contributed by atoms with Gasteiger partial charge in [0.05, 0.1) is 6.10 Å². The largest absolute Gasteiger partial charge is 0.491 e. The van der Waals surface area contributed by atoms with Crippen LogP contribution >= 0.6 is 0 Å². The molecule has 0 amide bonds. The Balaban J connectivity index is 2.56. The van der Waals surface area contributed by atoms with E-state index in [0.717, 1.165) is 25.3 Å². The van der Waals surface area contributed by atoms with Gasteiger partial charge < -0.3 is 15.4 Å². The van der Waals surface area contributed by atoms with Gasteiger partial charge in [0.25, 0.3) is 0 Å². The molecule has 0 radical (unpaired) electrons. The zero-order chi connectivity index (χ0) is 12.0. The molecular formula is C13H22N2O. The maximum atomic E-state index is 5.59. The molecule has 1 aromatic carbocycles. The van der Waals surface area contributed by atoms with Crippen LogP contribution in [0.5, 0.6) is 5.75 Å². The fourth-order valence-corrected chi connectivity index (χ4v) is 1.51. The number of ether oxygens (including phenoxy) is 1. The molecular weight excluding hydrogens is 200 g/mol. The minimum absolute atomic E-state index is 0.223. The summed E-state index contributed by atoms with van der Waals surface area (Å²) in [6, 6.07) is 8.17. The van der Waals surface area contributed by atoms with E-state index in [1.165, 1.54) is 5.69 Å². The van der Waals surface area contributed by atoms with Crippen molar-refractivity contribution < 1.29 is 4.74 Å². The van der Waals surface area contributed by atoms with E-state index < -0.39 is 0 Å². The van der Waals surface area contributed by atoms with Gasteiger partial charge in [0, 0.05) is 19.3 Å². The van der Waals surface area contributed by atoms with Crippen molar-refractivity contribution in [3.63, 3.8) is 0 Å². The van der Waals surface area contributed by atoms with Crippen molar-refractivity contribution in [2.45, 2.75) is 26.4 Å². The van der Waals surface area contributed by atoms with Crippen LogP contribution < -0.4 is 15.4 Å². The lowest BCUT2D eigenvalue weighted by Gasteiger charge is -2.19. The van der Waals surface area contributed by atoms with Gasteiger partial charge in [-0.15, -0.1) is 0 Å². The summed E-state index contributed by atoms with van der Waals surface area (Å²) >= 11 is 0. The molecule has 0 fully saturated rings. The van der Waals surface area contributed by atoms with E-state index in [1.54, 1.807) is 0 Å². The minimum Gasteiger partial charge on any atom is -0.491 e. The summed E-state index contributed by atoms with van der Waals surface area (Å²) in [6.07, 6.45) is 1.24. The van der Waals surface area contributed by atoms with Gasteiger partial charge in [0.1, 0.15) is 5.75 Å². The van der Waals surface area contributed by atoms with Gasteiger partial charge in [0.2, 0.25) is 0 Å². The molecule has 2 N–H and O–H groups in total. The number of anilines is 1. The van der Waals surface area contributed by atoms with Crippen LogP contribution in [0.15, 0.2) is 24.3 Å². The maximum absolute atomic E-state index is 5.59. The van der Waals surface area contributed by atoms with Crippen LogP contribution in [-0.2, 0) is 0 Å². The number of rotatable bonds is 6. The molecule has 0 aromatic heterocycles. The fraction of sp³-hybridized carbons (Fsp3) is 0.538. The van der Waals surface area contributed by atoms with E-state index in [0.29, 0.717) is 0 Å². The molecule has 0 bridgehead atoms. The zero-order valence-corrected chi connectivity index (χ0v) is 10.4. The lowest BCUT2D eigenvalue weighted by molar-refractivity contribution is 0.242. The molecule has 0 aliphatic rings. The van der Waals surface area contributed by atoms with E-state index in [-0.39, 0.29) is 6.10 Å². The molecule has 0 aliphatic heterocycles. The maximum Gasteiger partial charge on any atom is 0.119 e. The summed E-state index contributed by atoms with van der Waals surface area (Å²) in [6.45, 7) is 5.78. The third-order valence-corrected chi connectivity index (χ3v) is 2.35. The monoisotopic (exact) mass is 222 g/mol. The number of nitrogens with two attached hydrogens (primary N) is 1. The third-order valence-electron chi connectivity index (χ3n) is 2.35. The van der Waals surface area contributed by atoms with Crippen molar-refractivity contribution in [1.82, 2.24) is 0 Å². The molecule has 3 heteroatoms. The first-order chi connectivity index (χ1) is 7.63. The van der Waals surface area contributed by atoms with Crippen LogP contribution in [0.1, 0.15) is 20.3 Å². The van der Waals surface area contributed by atoms with Crippen molar-refractivity contribution in [3.05, 3.63) is 24.3 Å². The normalized spacial score (nSPS) is 10.6. The Labute approximate surface area is 98.2 Å². The molecule has 16 heavy (non-hydrogen) atoms. The standard InChI is InChI=1S/C13H22N2O/c1-11(2)16-13-7-5-12(6-8-13)15(3)10-4-9-14/h5-8,11H,4,9-10,14H2,1-3H3. The van der Waals surface area contributed by atoms with Gasteiger partial charge in [-0.25, -0.2) is 0 Å². The molecule has 3 nitrogen and oxygen atoms in total. The Morgan fingerprint density at radius 3 is 2.38 bits per heavy atom. The Kier molecular flexibility index (Phi) is 5.12. The highest BCUT2D eigenvalue weighted by Crippen LogP contribution is 2.19. The van der Waals surface area contributed by atoms with Crippen LogP contribution in [-0.4, -0.2) is 26.2 Å². The summed E-state index contributed by atoms with van der Waals surface area (Å²) in [4.78, 5) is 2.20. The number of hydrogen-bond acceptors (Lipinski definition) is 3. The van der Waals surface area contributed by atoms with Crippen molar-refractivity contribution in [1.29, 1.82) is 0 Å². The first-order valence-electron chi connectivity index (χ1n) is 5.81. The number of nitrogens with zero attached hydrogens (tertiary/aromatic N) is 1. The lowest BCUT2D eigenvalue weighted by Crippen LogP contribution is -2.20. The van der Waals surface area contributed by atoms with Crippen LogP contribution in [0, 0.1) is 0 Å². The zero-order valence-electron chi connectivity index (χ0n) is 10.4. The Morgan fingerprint density at radius 2 is 1.88 bits per heavy atom. The van der Waals surface area contributed by atoms with Gasteiger partial charge in [-0.05, 0) is 51.1 Å². The molecule has 0 unspecified atom stereocenters. The second kappa shape index (κ2) is 6.38. The van der Waals surface area contributed by atoms with Crippen molar-refractivity contribution in [2.75, 3.05) is 25.0 Å². The van der Waals surface area contributed by atoms with Crippen LogP contribution in [0.25, 0.3) is 0 Å². The molecule has 0 spiro atoms. The van der Waals surface area contributed by atoms with E-state index >= 15 is 0 Å². The highest BCUT2D eigenvalue weighted by molar-refractivity contribution is 5.48. The quantitative estimate of drug-likeness (QED) is 0.802. The molecule has 1 aromatic rings. The fourth-order valence-electron chi connectivity index (χ4n) is 1.51. The smallest absolute Gasteiger partial charge is 0.119 e. The molecule has 1 rings (SSSR count). The van der Waals surface area contributed by atoms with Gasteiger partial charge in [0.15, 0.2) is 0 Å². The highest BCUT2D eigenvalue weighted by Gasteiger charge is 2.01. The molecule has 0 heterocycles. The average molecular weight is 222 g/mol. The average Bonchev–Trinajstić information content (AvgIpc) is 2.26. The topological polar surface area (TPSA) is 38.5 Å². The number of benzene rings is 1. The van der Waals surface area contributed by atoms with Gasteiger partial charge in [-0.3, -0.25) is 0 Å². The van der Waals surface area contributed by atoms with Gasteiger partial charge in [-0.2, -0.15) is 0 Å². The predicted octanol–water partition coefficient (Wildman–Crippen LogP) is 2.26. The minimum atomic E-state index is 0.223. The Morgan fingerprint density at radius 1 is 1.25 bits per heavy atom. The molecule has 90 valence electrons. The molecule has 0 aliphatic carbocycles. The van der Waals surface area contributed by atoms with E-state index in [9.17, 15) is 0 Å². The first-order valence-corrected chi connectivity index (χ1v) is 5.81. The van der Waals surface area contributed by atoms with E-state index in [2.05, 4.69) is 24.1 Å². The number of hydrogen-bond donors (Lipinski definition) is 1. The predicted molar refractivity (Wildman–Crippen MR) is 69.1 cm³/mol. The summed E-state index contributed by atoms with van der Waals surface area (Å²) < 4.78 is 5.59. The van der Waals surface area contributed by atoms with Gasteiger partial charge >= 0.3 is 0 Å². The first kappa shape index (κ1) is 12.8. The second-order valence-corrected chi connectivity index (χ2v) is 4.22. The SMILES string of the molecule is CC(C)Oc1ccc(N(C)CCCN)cc1. The van der Waals surface area contributed by atoms with Gasteiger partial charge in [-0.1, -0.05) is 0 Å². The molecule has 0 saturated heterocycles. The Bertz CT molecular complexity index is 295. The summed E-state index contributed by atoms with van der Waals surface area (Å²) in [5.41, 5.74) is 6.69. The van der Waals surface area contributed by atoms with Crippen molar-refractivity contribution >= 4 is 5.69 Å². The van der Waals surface area contributed by atoms with E-state index in [1.807, 2.05) is 26.0 Å². The van der Waals surface area contributed by atoms with Crippen molar-refractivity contribution in [2.24, 2.45) is 5.73 Å². The van der Waals surface area contributed by atoms with Crippen LogP contribution in [0.2, 0.25) is 0 Å². The lowest BCUT2D eigenvalue weighted by atomic mass is 10.2.